The summed E-state index contributed by atoms with van der Waals surface area (Å²) in [6.07, 6.45) is 0. The standard InChI is InChI=1S/C13H23N3O2S/c1-9(2)14-8-12(5)19(17,18)16-13-7-10(3)6-11(4)15-13/h6-7,9,12,14H,8H2,1-5H3,(H,15,16). The van der Waals surface area contributed by atoms with Crippen molar-refractivity contribution in [2.24, 2.45) is 0 Å². The molecule has 0 saturated carbocycles. The van der Waals surface area contributed by atoms with Gasteiger partial charge in [-0.1, -0.05) is 13.8 Å². The number of aryl methyl sites for hydroxylation is 2. The number of pyridine rings is 1. The Bertz CT molecular complexity index is 506. The SMILES string of the molecule is Cc1cc(C)nc(NS(=O)(=O)C(C)CNC(C)C)c1. The summed E-state index contributed by atoms with van der Waals surface area (Å²) in [6, 6.07) is 3.89. The fourth-order valence-corrected chi connectivity index (χ4v) is 2.56. The van der Waals surface area contributed by atoms with Gasteiger partial charge in [0.2, 0.25) is 10.0 Å². The van der Waals surface area contributed by atoms with Crippen LogP contribution in [0.4, 0.5) is 5.82 Å². The Morgan fingerprint density at radius 2 is 1.84 bits per heavy atom. The number of nitrogens with zero attached hydrogens (tertiary/aromatic N) is 1. The van der Waals surface area contributed by atoms with Gasteiger partial charge in [-0.15, -0.1) is 0 Å². The molecule has 0 radical (unpaired) electrons. The predicted molar refractivity (Wildman–Crippen MR) is 78.9 cm³/mol. The first-order valence-corrected chi connectivity index (χ1v) is 7.95. The summed E-state index contributed by atoms with van der Waals surface area (Å²) < 4.78 is 26.8. The van der Waals surface area contributed by atoms with E-state index in [9.17, 15) is 8.42 Å². The van der Waals surface area contributed by atoms with Gasteiger partial charge in [0.25, 0.3) is 0 Å². The largest absolute Gasteiger partial charge is 0.313 e. The Balaban J connectivity index is 2.78. The van der Waals surface area contributed by atoms with Crippen LogP contribution in [0.25, 0.3) is 0 Å². The molecule has 0 aliphatic rings. The van der Waals surface area contributed by atoms with Gasteiger partial charge in [-0.2, -0.15) is 0 Å². The smallest absolute Gasteiger partial charge is 0.237 e. The van der Waals surface area contributed by atoms with Crippen molar-refractivity contribution in [1.82, 2.24) is 10.3 Å². The molecule has 1 rings (SSSR count). The first kappa shape index (κ1) is 15.9. The fraction of sp³-hybridized carbons (Fsp3) is 0.615. The van der Waals surface area contributed by atoms with E-state index >= 15 is 0 Å². The van der Waals surface area contributed by atoms with E-state index in [1.165, 1.54) is 0 Å². The summed E-state index contributed by atoms with van der Waals surface area (Å²) in [5, 5.41) is 2.60. The molecule has 0 aromatic carbocycles. The minimum atomic E-state index is -3.42. The number of anilines is 1. The lowest BCUT2D eigenvalue weighted by Gasteiger charge is -2.17. The zero-order valence-corrected chi connectivity index (χ0v) is 13.0. The first-order valence-electron chi connectivity index (χ1n) is 6.41. The van der Waals surface area contributed by atoms with Crippen LogP contribution in [0.3, 0.4) is 0 Å². The summed E-state index contributed by atoms with van der Waals surface area (Å²) in [4.78, 5) is 4.19. The molecule has 0 aliphatic carbocycles. The third-order valence-corrected chi connectivity index (χ3v) is 4.41. The maximum atomic E-state index is 12.1. The molecule has 0 fully saturated rings. The molecule has 0 aliphatic heterocycles. The van der Waals surface area contributed by atoms with E-state index in [-0.39, 0.29) is 6.04 Å². The van der Waals surface area contributed by atoms with Crippen molar-refractivity contribution in [3.8, 4) is 0 Å². The van der Waals surface area contributed by atoms with E-state index in [1.54, 1.807) is 13.0 Å². The van der Waals surface area contributed by atoms with Crippen LogP contribution in [-0.4, -0.2) is 31.2 Å². The molecule has 1 atom stereocenters. The summed E-state index contributed by atoms with van der Waals surface area (Å²) in [5.74, 6) is 0.383. The van der Waals surface area contributed by atoms with E-state index in [1.807, 2.05) is 33.8 Å². The molecule has 108 valence electrons. The van der Waals surface area contributed by atoms with Crippen LogP contribution in [0.5, 0.6) is 0 Å². The van der Waals surface area contributed by atoms with Crippen LogP contribution in [0.1, 0.15) is 32.0 Å². The average molecular weight is 285 g/mol. The van der Waals surface area contributed by atoms with Crippen LogP contribution in [0, 0.1) is 13.8 Å². The normalized spacial score (nSPS) is 13.6. The van der Waals surface area contributed by atoms with E-state index < -0.39 is 15.3 Å². The summed E-state index contributed by atoms with van der Waals surface area (Å²) in [5.41, 5.74) is 1.78. The van der Waals surface area contributed by atoms with Crippen molar-refractivity contribution in [1.29, 1.82) is 0 Å². The Hall–Kier alpha value is -1.14. The third-order valence-electron chi connectivity index (χ3n) is 2.69. The molecular formula is C13H23N3O2S. The molecule has 1 unspecified atom stereocenters. The lowest BCUT2D eigenvalue weighted by molar-refractivity contribution is 0.553. The second-order valence-electron chi connectivity index (χ2n) is 5.19. The Morgan fingerprint density at radius 3 is 2.37 bits per heavy atom. The molecular weight excluding hydrogens is 262 g/mol. The third kappa shape index (κ3) is 5.16. The Morgan fingerprint density at radius 1 is 1.21 bits per heavy atom. The van der Waals surface area contributed by atoms with Crippen molar-refractivity contribution in [3.63, 3.8) is 0 Å². The molecule has 6 heteroatoms. The highest BCUT2D eigenvalue weighted by Crippen LogP contribution is 2.12. The highest BCUT2D eigenvalue weighted by molar-refractivity contribution is 7.93. The number of nitrogens with one attached hydrogen (secondary N) is 2. The topological polar surface area (TPSA) is 71.1 Å². The lowest BCUT2D eigenvalue weighted by Crippen LogP contribution is -2.37. The van der Waals surface area contributed by atoms with Crippen molar-refractivity contribution in [2.45, 2.75) is 45.9 Å². The second kappa shape index (κ2) is 6.34. The molecule has 0 spiro atoms. The molecule has 0 amide bonds. The molecule has 5 nitrogen and oxygen atoms in total. The number of aromatic nitrogens is 1. The molecule has 1 aromatic rings. The van der Waals surface area contributed by atoms with E-state index in [2.05, 4.69) is 15.0 Å². The van der Waals surface area contributed by atoms with Crippen LogP contribution in [0.2, 0.25) is 0 Å². The van der Waals surface area contributed by atoms with E-state index in [4.69, 9.17) is 0 Å². The van der Waals surface area contributed by atoms with Gasteiger partial charge in [-0.05, 0) is 38.5 Å². The molecule has 19 heavy (non-hydrogen) atoms. The van der Waals surface area contributed by atoms with Crippen molar-refractivity contribution >= 4 is 15.8 Å². The Labute approximate surface area is 115 Å². The number of hydrogen-bond acceptors (Lipinski definition) is 4. The molecule has 1 heterocycles. The quantitative estimate of drug-likeness (QED) is 0.836. The minimum Gasteiger partial charge on any atom is -0.313 e. The highest BCUT2D eigenvalue weighted by Gasteiger charge is 2.21. The summed E-state index contributed by atoms with van der Waals surface area (Å²) in [6.45, 7) is 9.82. The Kier molecular flexibility index (Phi) is 5.31. The minimum absolute atomic E-state index is 0.261. The molecule has 1 aromatic heterocycles. The summed E-state index contributed by atoms with van der Waals surface area (Å²) >= 11 is 0. The number of sulfonamides is 1. The van der Waals surface area contributed by atoms with Crippen LogP contribution in [-0.2, 0) is 10.0 Å². The molecule has 2 N–H and O–H groups in total. The van der Waals surface area contributed by atoms with Gasteiger partial charge in [-0.3, -0.25) is 4.72 Å². The van der Waals surface area contributed by atoms with Crippen LogP contribution in [0.15, 0.2) is 12.1 Å². The maximum absolute atomic E-state index is 12.1. The first-order chi connectivity index (χ1) is 8.70. The van der Waals surface area contributed by atoms with E-state index in [0.717, 1.165) is 11.3 Å². The van der Waals surface area contributed by atoms with Gasteiger partial charge < -0.3 is 5.32 Å². The van der Waals surface area contributed by atoms with Gasteiger partial charge in [0.15, 0.2) is 0 Å². The summed E-state index contributed by atoms with van der Waals surface area (Å²) in [7, 11) is -3.42. The van der Waals surface area contributed by atoms with Crippen LogP contribution >= 0.6 is 0 Å². The number of hydrogen-bond donors (Lipinski definition) is 2. The zero-order chi connectivity index (χ0) is 14.6. The lowest BCUT2D eigenvalue weighted by atomic mass is 10.2. The van der Waals surface area contributed by atoms with Crippen molar-refractivity contribution in [3.05, 3.63) is 23.4 Å². The van der Waals surface area contributed by atoms with Gasteiger partial charge in [0, 0.05) is 18.3 Å². The average Bonchev–Trinajstić information content (AvgIpc) is 2.23. The second-order valence-corrected chi connectivity index (χ2v) is 7.29. The van der Waals surface area contributed by atoms with Crippen LogP contribution < -0.4 is 10.0 Å². The molecule has 0 saturated heterocycles. The fourth-order valence-electron chi connectivity index (χ4n) is 1.65. The van der Waals surface area contributed by atoms with Crippen molar-refractivity contribution < 1.29 is 8.42 Å². The predicted octanol–water partition coefficient (Wildman–Crippen LogP) is 1.83. The maximum Gasteiger partial charge on any atom is 0.237 e. The zero-order valence-electron chi connectivity index (χ0n) is 12.2. The molecule has 0 bridgehead atoms. The van der Waals surface area contributed by atoms with E-state index in [0.29, 0.717) is 12.4 Å². The van der Waals surface area contributed by atoms with Gasteiger partial charge >= 0.3 is 0 Å². The van der Waals surface area contributed by atoms with Gasteiger partial charge in [-0.25, -0.2) is 13.4 Å². The van der Waals surface area contributed by atoms with Gasteiger partial charge in [0.05, 0.1) is 5.25 Å². The van der Waals surface area contributed by atoms with Gasteiger partial charge in [0.1, 0.15) is 5.82 Å². The highest BCUT2D eigenvalue weighted by atomic mass is 32.2. The monoisotopic (exact) mass is 285 g/mol. The van der Waals surface area contributed by atoms with Crippen molar-refractivity contribution in [2.75, 3.05) is 11.3 Å². The number of rotatable bonds is 6.